The molecule has 0 bridgehead atoms. The van der Waals surface area contributed by atoms with Gasteiger partial charge < -0.3 is 5.73 Å². The number of carbonyl (C=O) groups is 1. The second kappa shape index (κ2) is 3.71. The molecule has 1 amide bonds. The summed E-state index contributed by atoms with van der Waals surface area (Å²) < 4.78 is 1.88. The van der Waals surface area contributed by atoms with Gasteiger partial charge in [0.15, 0.2) is 0 Å². The first-order chi connectivity index (χ1) is 8.27. The number of thiophene rings is 1. The molecule has 2 heterocycles. The quantitative estimate of drug-likeness (QED) is 0.750. The minimum absolute atomic E-state index is 0.409. The van der Waals surface area contributed by atoms with Gasteiger partial charge in [-0.2, -0.15) is 0 Å². The third-order valence-electron chi connectivity index (χ3n) is 2.58. The Balaban J connectivity index is 2.28. The molecule has 0 aliphatic heterocycles. The van der Waals surface area contributed by atoms with E-state index < -0.39 is 5.91 Å². The third-order valence-corrected chi connectivity index (χ3v) is 3.50. The number of carbonyl (C=O) groups excluding carboxylic acids is 1. The highest BCUT2D eigenvalue weighted by atomic mass is 32.1. The van der Waals surface area contributed by atoms with Crippen molar-refractivity contribution in [3.63, 3.8) is 0 Å². The maximum atomic E-state index is 11.3. The van der Waals surface area contributed by atoms with E-state index in [0.717, 1.165) is 16.7 Å². The number of rotatable bonds is 2. The van der Waals surface area contributed by atoms with E-state index in [4.69, 9.17) is 5.73 Å². The van der Waals surface area contributed by atoms with E-state index in [1.165, 1.54) is 11.3 Å². The molecule has 0 spiro atoms. The van der Waals surface area contributed by atoms with Crippen molar-refractivity contribution in [1.29, 1.82) is 0 Å². The summed E-state index contributed by atoms with van der Waals surface area (Å²) >= 11 is 1.34. The van der Waals surface area contributed by atoms with Crippen LogP contribution in [0.15, 0.2) is 42.0 Å². The van der Waals surface area contributed by atoms with Crippen LogP contribution in [0.4, 0.5) is 0 Å². The molecule has 3 aromatic rings. The van der Waals surface area contributed by atoms with Crippen molar-refractivity contribution in [1.82, 2.24) is 9.55 Å². The van der Waals surface area contributed by atoms with Crippen molar-refractivity contribution < 1.29 is 4.79 Å². The Kier molecular flexibility index (Phi) is 2.19. The van der Waals surface area contributed by atoms with Crippen LogP contribution in [0.5, 0.6) is 0 Å². The van der Waals surface area contributed by atoms with Gasteiger partial charge in [0.25, 0.3) is 5.91 Å². The van der Waals surface area contributed by atoms with Gasteiger partial charge in [0.2, 0.25) is 0 Å². The Bertz CT molecular complexity index is 698. The molecule has 3 rings (SSSR count). The minimum Gasteiger partial charge on any atom is -0.365 e. The molecule has 0 saturated carbocycles. The zero-order valence-electron chi connectivity index (χ0n) is 8.83. The fourth-order valence-corrected chi connectivity index (χ4v) is 2.56. The molecule has 0 atom stereocenters. The van der Waals surface area contributed by atoms with Crippen LogP contribution in [0.1, 0.15) is 9.67 Å². The van der Waals surface area contributed by atoms with Crippen molar-refractivity contribution >= 4 is 28.3 Å². The first-order valence-electron chi connectivity index (χ1n) is 5.07. The second-order valence-corrected chi connectivity index (χ2v) is 4.52. The molecule has 0 radical (unpaired) electrons. The molecule has 0 aliphatic carbocycles. The number of imidazole rings is 1. The van der Waals surface area contributed by atoms with Gasteiger partial charge in [-0.3, -0.25) is 9.36 Å². The van der Waals surface area contributed by atoms with Crippen molar-refractivity contribution in [2.75, 3.05) is 0 Å². The molecule has 84 valence electrons. The second-order valence-electron chi connectivity index (χ2n) is 3.60. The van der Waals surface area contributed by atoms with Crippen molar-refractivity contribution in [2.24, 2.45) is 5.73 Å². The fourth-order valence-electron chi connectivity index (χ4n) is 1.83. The first kappa shape index (κ1) is 10.0. The van der Waals surface area contributed by atoms with E-state index in [0.29, 0.717) is 4.88 Å². The summed E-state index contributed by atoms with van der Waals surface area (Å²) in [6, 6.07) is 9.64. The molecule has 2 aromatic heterocycles. The normalized spacial score (nSPS) is 10.8. The van der Waals surface area contributed by atoms with Gasteiger partial charge in [0, 0.05) is 0 Å². The summed E-state index contributed by atoms with van der Waals surface area (Å²) in [5, 5.41) is 1.85. The van der Waals surface area contributed by atoms with Gasteiger partial charge >= 0.3 is 0 Å². The van der Waals surface area contributed by atoms with E-state index in [2.05, 4.69) is 4.98 Å². The van der Waals surface area contributed by atoms with Crippen LogP contribution in [-0.2, 0) is 0 Å². The standard InChI is InChI=1S/C12H9N3OS/c13-12(16)11-10(5-6-17-11)15-7-14-8-3-1-2-4-9(8)15/h1-7H,(H2,13,16). The third kappa shape index (κ3) is 1.52. The molecule has 0 unspecified atom stereocenters. The molecular weight excluding hydrogens is 234 g/mol. The molecule has 0 fully saturated rings. The maximum Gasteiger partial charge on any atom is 0.260 e. The Morgan fingerprint density at radius 3 is 2.94 bits per heavy atom. The smallest absolute Gasteiger partial charge is 0.260 e. The lowest BCUT2D eigenvalue weighted by Gasteiger charge is -2.03. The minimum atomic E-state index is -0.409. The summed E-state index contributed by atoms with van der Waals surface area (Å²) in [6.07, 6.45) is 1.71. The van der Waals surface area contributed by atoms with Gasteiger partial charge in [-0.1, -0.05) is 12.1 Å². The van der Waals surface area contributed by atoms with Gasteiger partial charge in [-0.05, 0) is 23.6 Å². The molecular formula is C12H9N3OS. The van der Waals surface area contributed by atoms with Gasteiger partial charge in [-0.15, -0.1) is 11.3 Å². The summed E-state index contributed by atoms with van der Waals surface area (Å²) in [5.41, 5.74) is 8.00. The van der Waals surface area contributed by atoms with E-state index in [1.807, 2.05) is 40.3 Å². The summed E-state index contributed by atoms with van der Waals surface area (Å²) in [7, 11) is 0. The van der Waals surface area contributed by atoms with E-state index in [9.17, 15) is 4.79 Å². The lowest BCUT2D eigenvalue weighted by molar-refractivity contribution is 0.100. The van der Waals surface area contributed by atoms with Crippen molar-refractivity contribution in [3.05, 3.63) is 46.9 Å². The topological polar surface area (TPSA) is 60.9 Å². The largest absolute Gasteiger partial charge is 0.365 e. The first-order valence-corrected chi connectivity index (χ1v) is 5.95. The number of nitrogens with zero attached hydrogens (tertiary/aromatic N) is 2. The molecule has 0 saturated heterocycles. The van der Waals surface area contributed by atoms with Crippen LogP contribution >= 0.6 is 11.3 Å². The average molecular weight is 243 g/mol. The van der Waals surface area contributed by atoms with Crippen LogP contribution in [-0.4, -0.2) is 15.5 Å². The molecule has 17 heavy (non-hydrogen) atoms. The SMILES string of the molecule is NC(=O)c1sccc1-n1cnc2ccccc21. The van der Waals surface area contributed by atoms with Gasteiger partial charge in [0.05, 0.1) is 16.7 Å². The molecule has 0 aliphatic rings. The fraction of sp³-hybridized carbons (Fsp3) is 0. The molecule has 5 heteroatoms. The molecule has 1 aromatic carbocycles. The van der Waals surface area contributed by atoms with Gasteiger partial charge in [-0.25, -0.2) is 4.98 Å². The lowest BCUT2D eigenvalue weighted by atomic mass is 10.3. The number of aromatic nitrogens is 2. The number of fused-ring (bicyclic) bond motifs is 1. The Morgan fingerprint density at radius 2 is 2.12 bits per heavy atom. The number of amides is 1. The lowest BCUT2D eigenvalue weighted by Crippen LogP contribution is -2.11. The number of para-hydroxylation sites is 2. The molecule has 2 N–H and O–H groups in total. The number of hydrogen-bond acceptors (Lipinski definition) is 3. The predicted molar refractivity (Wildman–Crippen MR) is 67.5 cm³/mol. The van der Waals surface area contributed by atoms with Crippen molar-refractivity contribution in [2.45, 2.75) is 0 Å². The number of nitrogens with two attached hydrogens (primary N) is 1. The predicted octanol–water partition coefficient (Wildman–Crippen LogP) is 2.19. The highest BCUT2D eigenvalue weighted by Crippen LogP contribution is 2.24. The zero-order chi connectivity index (χ0) is 11.8. The van der Waals surface area contributed by atoms with E-state index in [1.54, 1.807) is 6.33 Å². The number of hydrogen-bond donors (Lipinski definition) is 1. The summed E-state index contributed by atoms with van der Waals surface area (Å²) in [4.78, 5) is 16.2. The maximum absolute atomic E-state index is 11.3. The van der Waals surface area contributed by atoms with E-state index >= 15 is 0 Å². The van der Waals surface area contributed by atoms with Crippen LogP contribution in [0.2, 0.25) is 0 Å². The van der Waals surface area contributed by atoms with Crippen LogP contribution < -0.4 is 5.73 Å². The summed E-state index contributed by atoms with van der Waals surface area (Å²) in [5.74, 6) is -0.409. The van der Waals surface area contributed by atoms with E-state index in [-0.39, 0.29) is 0 Å². The van der Waals surface area contributed by atoms with Crippen LogP contribution in [0.25, 0.3) is 16.7 Å². The van der Waals surface area contributed by atoms with Crippen LogP contribution in [0.3, 0.4) is 0 Å². The Hall–Kier alpha value is -2.14. The highest BCUT2D eigenvalue weighted by Gasteiger charge is 2.13. The average Bonchev–Trinajstić information content (AvgIpc) is 2.94. The van der Waals surface area contributed by atoms with Crippen LogP contribution in [0, 0.1) is 0 Å². The molecule has 4 nitrogen and oxygen atoms in total. The Labute approximate surface area is 101 Å². The monoisotopic (exact) mass is 243 g/mol. The number of benzene rings is 1. The van der Waals surface area contributed by atoms with Crippen molar-refractivity contribution in [3.8, 4) is 5.69 Å². The van der Waals surface area contributed by atoms with Gasteiger partial charge in [0.1, 0.15) is 11.2 Å². The number of primary amides is 1. The Morgan fingerprint density at radius 1 is 1.29 bits per heavy atom. The highest BCUT2D eigenvalue weighted by molar-refractivity contribution is 7.12. The summed E-state index contributed by atoms with van der Waals surface area (Å²) in [6.45, 7) is 0. The zero-order valence-corrected chi connectivity index (χ0v) is 9.65.